The number of hydrogen-bond donors (Lipinski definition) is 2. The molecule has 31 heavy (non-hydrogen) atoms. The molecule has 3 heterocycles. The van der Waals surface area contributed by atoms with Gasteiger partial charge in [0.25, 0.3) is 0 Å². The summed E-state index contributed by atoms with van der Waals surface area (Å²) < 4.78 is 19.9. The van der Waals surface area contributed by atoms with Gasteiger partial charge in [-0.1, -0.05) is 30.3 Å². The molecule has 0 unspecified atom stereocenters. The number of nitrogens with zero attached hydrogens (tertiary/aromatic N) is 3. The van der Waals surface area contributed by atoms with Gasteiger partial charge in [-0.25, -0.2) is 14.4 Å². The average Bonchev–Trinajstić information content (AvgIpc) is 3.20. The normalized spacial score (nSPS) is 15.6. The second kappa shape index (κ2) is 7.68. The summed E-state index contributed by atoms with van der Waals surface area (Å²) in [5, 5.41) is 9.97. The molecule has 0 spiro atoms. The molecule has 0 saturated carbocycles. The first-order valence-electron chi connectivity index (χ1n) is 9.68. The molecule has 2 aromatic carbocycles. The molecule has 1 atom stereocenters. The lowest BCUT2D eigenvalue weighted by atomic mass is 10.1. The monoisotopic (exact) mass is 436 g/mol. The van der Waals surface area contributed by atoms with Crippen molar-refractivity contribution in [3.63, 3.8) is 0 Å². The number of anilines is 2. The van der Waals surface area contributed by atoms with Crippen LogP contribution in [0.2, 0.25) is 5.02 Å². The number of halogens is 2. The summed E-state index contributed by atoms with van der Waals surface area (Å²) in [6.45, 7) is 3.93. The smallest absolute Gasteiger partial charge is 0.154 e. The van der Waals surface area contributed by atoms with Crippen molar-refractivity contribution in [3.8, 4) is 17.1 Å². The summed E-state index contributed by atoms with van der Waals surface area (Å²) >= 11 is 5.90. The van der Waals surface area contributed by atoms with Crippen molar-refractivity contribution in [2.45, 2.75) is 6.04 Å². The number of benzene rings is 2. The topological polar surface area (TPSA) is 74.3 Å². The number of aromatic nitrogens is 3. The Bertz CT molecular complexity index is 1250. The van der Waals surface area contributed by atoms with Crippen LogP contribution >= 0.6 is 11.6 Å². The van der Waals surface area contributed by atoms with Gasteiger partial charge in [0.1, 0.15) is 24.1 Å². The van der Waals surface area contributed by atoms with Crippen molar-refractivity contribution in [3.05, 3.63) is 71.6 Å². The van der Waals surface area contributed by atoms with Crippen LogP contribution in [-0.4, -0.2) is 39.3 Å². The van der Waals surface area contributed by atoms with E-state index in [1.165, 1.54) is 12.1 Å². The fraction of sp³-hybridized carbons (Fsp3) is 0.130. The zero-order valence-corrected chi connectivity index (χ0v) is 17.1. The van der Waals surface area contributed by atoms with Crippen molar-refractivity contribution in [2.24, 2.45) is 0 Å². The lowest BCUT2D eigenvalue weighted by Crippen LogP contribution is -2.43. The van der Waals surface area contributed by atoms with Crippen LogP contribution in [0.15, 0.2) is 55.2 Å². The first-order chi connectivity index (χ1) is 15.1. The van der Waals surface area contributed by atoms with E-state index >= 15 is 0 Å². The summed E-state index contributed by atoms with van der Waals surface area (Å²) in [6, 6.07) is 12.0. The predicted molar refractivity (Wildman–Crippen MR) is 119 cm³/mol. The number of aromatic amines is 1. The fourth-order valence-corrected chi connectivity index (χ4v) is 3.90. The number of aliphatic hydroxyl groups is 1. The maximum atomic E-state index is 13.9. The number of pyridine rings is 1. The molecule has 5 rings (SSSR count). The van der Waals surface area contributed by atoms with Crippen LogP contribution in [0, 0.1) is 5.82 Å². The van der Waals surface area contributed by atoms with Crippen LogP contribution in [0.3, 0.4) is 0 Å². The van der Waals surface area contributed by atoms with Gasteiger partial charge >= 0.3 is 0 Å². The van der Waals surface area contributed by atoms with E-state index in [0.717, 1.165) is 11.3 Å². The zero-order valence-electron chi connectivity index (χ0n) is 16.3. The third kappa shape index (κ3) is 3.32. The van der Waals surface area contributed by atoms with Crippen LogP contribution in [-0.2, 0) is 0 Å². The van der Waals surface area contributed by atoms with Crippen molar-refractivity contribution < 1.29 is 14.2 Å². The van der Waals surface area contributed by atoms with Crippen molar-refractivity contribution in [1.82, 2.24) is 15.0 Å². The summed E-state index contributed by atoms with van der Waals surface area (Å²) in [6.07, 6.45) is 3.45. The number of rotatable bonds is 4. The summed E-state index contributed by atoms with van der Waals surface area (Å²) in [5.41, 5.74) is 3.47. The van der Waals surface area contributed by atoms with E-state index in [2.05, 4.69) is 21.5 Å². The van der Waals surface area contributed by atoms with E-state index in [9.17, 15) is 9.50 Å². The highest BCUT2D eigenvalue weighted by Gasteiger charge is 2.31. The number of ether oxygens (including phenoxy) is 1. The van der Waals surface area contributed by atoms with E-state index in [1.54, 1.807) is 12.3 Å². The van der Waals surface area contributed by atoms with Gasteiger partial charge in [-0.2, -0.15) is 0 Å². The Kier molecular flexibility index (Phi) is 4.84. The number of fused-ring (bicyclic) bond motifs is 2. The first kappa shape index (κ1) is 19.5. The average molecular weight is 437 g/mol. The van der Waals surface area contributed by atoms with Gasteiger partial charge in [-0.05, 0) is 35.9 Å². The van der Waals surface area contributed by atoms with E-state index in [-0.39, 0.29) is 24.3 Å². The summed E-state index contributed by atoms with van der Waals surface area (Å²) in [5.74, 6) is 1.31. The van der Waals surface area contributed by atoms with Gasteiger partial charge in [0.05, 0.1) is 40.0 Å². The first-order valence-corrected chi connectivity index (χ1v) is 10.1. The van der Waals surface area contributed by atoms with Crippen molar-refractivity contribution in [1.29, 1.82) is 0 Å². The number of para-hydroxylation sites is 1. The zero-order chi connectivity index (χ0) is 21.5. The van der Waals surface area contributed by atoms with Crippen molar-refractivity contribution >= 4 is 40.2 Å². The molecule has 2 aromatic heterocycles. The van der Waals surface area contributed by atoms with E-state index in [4.69, 9.17) is 16.3 Å². The third-order valence-electron chi connectivity index (χ3n) is 5.28. The fourth-order valence-electron chi connectivity index (χ4n) is 3.74. The molecule has 0 fully saturated rings. The summed E-state index contributed by atoms with van der Waals surface area (Å²) in [7, 11) is 0. The van der Waals surface area contributed by atoms with Gasteiger partial charge < -0.3 is 19.7 Å². The molecular formula is C23H18ClFN4O2. The van der Waals surface area contributed by atoms with Crippen LogP contribution in [0.4, 0.5) is 15.9 Å². The van der Waals surface area contributed by atoms with Gasteiger partial charge in [0, 0.05) is 12.3 Å². The SMILES string of the molecule is C=Cc1ccc(N2c3cccc(-c4nc5cc(Cl)c(F)cc5[nH]4)c3OC[C@@H]2CO)nc1. The molecule has 1 aliphatic heterocycles. The molecular weight excluding hydrogens is 419 g/mol. The molecule has 6 nitrogen and oxygen atoms in total. The Morgan fingerprint density at radius 2 is 2.19 bits per heavy atom. The van der Waals surface area contributed by atoms with Crippen LogP contribution in [0.1, 0.15) is 5.56 Å². The minimum absolute atomic E-state index is 0.0166. The predicted octanol–water partition coefficient (Wildman–Crippen LogP) is 4.95. The van der Waals surface area contributed by atoms with Crippen LogP contribution in [0.25, 0.3) is 28.5 Å². The Morgan fingerprint density at radius 1 is 1.32 bits per heavy atom. The maximum Gasteiger partial charge on any atom is 0.154 e. The standard InChI is InChI=1S/C23H18ClFN4O2/c1-2-13-6-7-21(26-10-13)29-14(11-30)12-31-22-15(4-3-5-20(22)29)23-27-18-8-16(24)17(25)9-19(18)28-23/h2-10,14,30H,1,11-12H2,(H,27,28)/t14-/m0/s1. The van der Waals surface area contributed by atoms with Crippen molar-refractivity contribution in [2.75, 3.05) is 18.1 Å². The minimum atomic E-state index is -0.512. The highest BCUT2D eigenvalue weighted by Crippen LogP contribution is 2.44. The van der Waals surface area contributed by atoms with Crippen LogP contribution < -0.4 is 9.64 Å². The molecule has 0 bridgehead atoms. The number of aliphatic hydroxyl groups excluding tert-OH is 1. The second-order valence-corrected chi connectivity index (χ2v) is 7.60. The Hall–Kier alpha value is -3.42. The van der Waals surface area contributed by atoms with Gasteiger partial charge in [-0.3, -0.25) is 0 Å². The Morgan fingerprint density at radius 3 is 2.94 bits per heavy atom. The highest BCUT2D eigenvalue weighted by atomic mass is 35.5. The Labute approximate surface area is 182 Å². The number of nitrogens with one attached hydrogen (secondary N) is 1. The molecule has 0 aliphatic carbocycles. The minimum Gasteiger partial charge on any atom is -0.488 e. The van der Waals surface area contributed by atoms with E-state index < -0.39 is 5.82 Å². The Balaban J connectivity index is 1.64. The lowest BCUT2D eigenvalue weighted by molar-refractivity contribution is 0.195. The molecule has 8 heteroatoms. The number of H-pyrrole nitrogens is 1. The van der Waals surface area contributed by atoms with Gasteiger partial charge in [0.2, 0.25) is 0 Å². The van der Waals surface area contributed by atoms with Gasteiger partial charge in [0.15, 0.2) is 5.75 Å². The number of imidazole rings is 1. The molecule has 156 valence electrons. The highest BCUT2D eigenvalue weighted by molar-refractivity contribution is 6.31. The number of hydrogen-bond acceptors (Lipinski definition) is 5. The van der Waals surface area contributed by atoms with E-state index in [0.29, 0.717) is 34.0 Å². The third-order valence-corrected chi connectivity index (χ3v) is 5.57. The van der Waals surface area contributed by atoms with E-state index in [1.807, 2.05) is 35.2 Å². The largest absolute Gasteiger partial charge is 0.488 e. The molecule has 4 aromatic rings. The molecule has 1 aliphatic rings. The summed E-state index contributed by atoms with van der Waals surface area (Å²) in [4.78, 5) is 14.2. The molecule has 2 N–H and O–H groups in total. The quantitative estimate of drug-likeness (QED) is 0.473. The van der Waals surface area contributed by atoms with Crippen LogP contribution in [0.5, 0.6) is 5.75 Å². The molecule has 0 saturated heterocycles. The lowest BCUT2D eigenvalue weighted by Gasteiger charge is -2.37. The second-order valence-electron chi connectivity index (χ2n) is 7.19. The van der Waals surface area contributed by atoms with Gasteiger partial charge in [-0.15, -0.1) is 0 Å². The maximum absolute atomic E-state index is 13.9. The molecule has 0 radical (unpaired) electrons. The molecule has 0 amide bonds.